The van der Waals surface area contributed by atoms with E-state index in [1.54, 1.807) is 11.0 Å². The predicted molar refractivity (Wildman–Crippen MR) is 85.3 cm³/mol. The molecule has 116 valence electrons. The van der Waals surface area contributed by atoms with Gasteiger partial charge in [0, 0.05) is 30.8 Å². The molecule has 2 rings (SSSR count). The third-order valence-electron chi connectivity index (χ3n) is 3.04. The van der Waals surface area contributed by atoms with Gasteiger partial charge < -0.3 is 20.1 Å². The van der Waals surface area contributed by atoms with Crippen LogP contribution in [0.2, 0.25) is 0 Å². The van der Waals surface area contributed by atoms with Crippen LogP contribution in [0.25, 0.3) is 0 Å². The number of hydrogen-bond donors (Lipinski definition) is 1. The third kappa shape index (κ3) is 4.52. The molecular formula is C15H21BrN2O3. The first kappa shape index (κ1) is 15.9. The summed E-state index contributed by atoms with van der Waals surface area (Å²) in [4.78, 5) is 13.5. The summed E-state index contributed by atoms with van der Waals surface area (Å²) in [6.45, 7) is 7.47. The second-order valence-corrected chi connectivity index (χ2v) is 7.11. The van der Waals surface area contributed by atoms with E-state index in [1.165, 1.54) is 0 Å². The second-order valence-electron chi connectivity index (χ2n) is 6.25. The van der Waals surface area contributed by atoms with Crippen molar-refractivity contribution in [2.24, 2.45) is 5.92 Å². The number of likely N-dealkylation sites (tertiary alicyclic amines) is 1. The molecule has 5 nitrogen and oxygen atoms in total. The Morgan fingerprint density at radius 3 is 2.71 bits per heavy atom. The van der Waals surface area contributed by atoms with E-state index in [-0.39, 0.29) is 6.09 Å². The van der Waals surface area contributed by atoms with Crippen LogP contribution < -0.4 is 10.5 Å². The van der Waals surface area contributed by atoms with E-state index >= 15 is 0 Å². The second kappa shape index (κ2) is 6.13. The molecule has 1 aromatic carbocycles. The highest BCUT2D eigenvalue weighted by Gasteiger charge is 2.34. The zero-order chi connectivity index (χ0) is 15.6. The standard InChI is InChI=1S/C15H21BrN2O3/c1-15(2,3)21-14(19)18-7-10(8-18)9-20-13-6-11(17)4-5-12(13)16/h4-6,10H,7-9,17H2,1-3H3. The molecular weight excluding hydrogens is 336 g/mol. The maximum absolute atomic E-state index is 11.8. The van der Waals surface area contributed by atoms with Gasteiger partial charge in [0.1, 0.15) is 11.4 Å². The van der Waals surface area contributed by atoms with Gasteiger partial charge >= 0.3 is 6.09 Å². The average molecular weight is 357 g/mol. The summed E-state index contributed by atoms with van der Waals surface area (Å²) in [6, 6.07) is 5.46. The first-order valence-electron chi connectivity index (χ1n) is 6.90. The van der Waals surface area contributed by atoms with Crippen molar-refractivity contribution >= 4 is 27.7 Å². The molecule has 0 aliphatic carbocycles. The SMILES string of the molecule is CC(C)(C)OC(=O)N1CC(COc2cc(N)ccc2Br)C1. The highest BCUT2D eigenvalue weighted by molar-refractivity contribution is 9.10. The zero-order valence-electron chi connectivity index (χ0n) is 12.6. The number of ether oxygens (including phenoxy) is 2. The van der Waals surface area contributed by atoms with Gasteiger partial charge in [-0.05, 0) is 48.8 Å². The molecule has 1 fully saturated rings. The van der Waals surface area contributed by atoms with Crippen molar-refractivity contribution in [3.63, 3.8) is 0 Å². The first-order valence-corrected chi connectivity index (χ1v) is 7.69. The molecule has 1 amide bonds. The molecule has 1 aliphatic heterocycles. The van der Waals surface area contributed by atoms with Crippen molar-refractivity contribution in [1.29, 1.82) is 0 Å². The normalized spacial score (nSPS) is 15.5. The summed E-state index contributed by atoms with van der Waals surface area (Å²) in [6.07, 6.45) is -0.260. The topological polar surface area (TPSA) is 64.8 Å². The van der Waals surface area contributed by atoms with Crippen molar-refractivity contribution in [3.8, 4) is 5.75 Å². The molecule has 1 heterocycles. The number of carbonyl (C=O) groups is 1. The van der Waals surface area contributed by atoms with Crippen LogP contribution >= 0.6 is 15.9 Å². The summed E-state index contributed by atoms with van der Waals surface area (Å²) in [5.74, 6) is 1.05. The number of nitrogen functional groups attached to an aromatic ring is 1. The lowest BCUT2D eigenvalue weighted by Gasteiger charge is -2.39. The van der Waals surface area contributed by atoms with Crippen molar-refractivity contribution in [3.05, 3.63) is 22.7 Å². The number of amides is 1. The highest BCUT2D eigenvalue weighted by atomic mass is 79.9. The van der Waals surface area contributed by atoms with Crippen molar-refractivity contribution in [2.75, 3.05) is 25.4 Å². The molecule has 0 atom stereocenters. The lowest BCUT2D eigenvalue weighted by Crippen LogP contribution is -2.53. The van der Waals surface area contributed by atoms with Gasteiger partial charge in [-0.3, -0.25) is 0 Å². The first-order chi connectivity index (χ1) is 9.74. The summed E-state index contributed by atoms with van der Waals surface area (Å²) >= 11 is 3.42. The summed E-state index contributed by atoms with van der Waals surface area (Å²) in [5.41, 5.74) is 5.94. The van der Waals surface area contributed by atoms with Crippen LogP contribution in [-0.4, -0.2) is 36.3 Å². The largest absolute Gasteiger partial charge is 0.492 e. The maximum Gasteiger partial charge on any atom is 0.410 e. The smallest absolute Gasteiger partial charge is 0.410 e. The lowest BCUT2D eigenvalue weighted by atomic mass is 10.0. The number of anilines is 1. The van der Waals surface area contributed by atoms with Gasteiger partial charge in [-0.15, -0.1) is 0 Å². The Balaban J connectivity index is 1.76. The molecule has 0 radical (unpaired) electrons. The number of carbonyl (C=O) groups excluding carboxylic acids is 1. The molecule has 6 heteroatoms. The Morgan fingerprint density at radius 1 is 1.43 bits per heavy atom. The number of benzene rings is 1. The van der Waals surface area contributed by atoms with Gasteiger partial charge in [0.05, 0.1) is 11.1 Å². The summed E-state index contributed by atoms with van der Waals surface area (Å²) in [5, 5.41) is 0. The Morgan fingerprint density at radius 2 is 2.10 bits per heavy atom. The lowest BCUT2D eigenvalue weighted by molar-refractivity contribution is -0.00785. The van der Waals surface area contributed by atoms with E-state index in [0.29, 0.717) is 31.3 Å². The van der Waals surface area contributed by atoms with Crippen molar-refractivity contribution in [2.45, 2.75) is 26.4 Å². The van der Waals surface area contributed by atoms with Gasteiger partial charge in [-0.25, -0.2) is 4.79 Å². The molecule has 0 aromatic heterocycles. The predicted octanol–water partition coefficient (Wildman–Crippen LogP) is 3.28. The number of nitrogens with zero attached hydrogens (tertiary/aromatic N) is 1. The van der Waals surface area contributed by atoms with Crippen LogP contribution in [0.3, 0.4) is 0 Å². The minimum atomic E-state index is -0.453. The fourth-order valence-electron chi connectivity index (χ4n) is 1.99. The number of halogens is 1. The summed E-state index contributed by atoms with van der Waals surface area (Å²) in [7, 11) is 0. The molecule has 2 N–H and O–H groups in total. The quantitative estimate of drug-likeness (QED) is 0.844. The van der Waals surface area contributed by atoms with Crippen molar-refractivity contribution < 1.29 is 14.3 Å². The fourth-order valence-corrected chi connectivity index (χ4v) is 2.35. The van der Waals surface area contributed by atoms with E-state index < -0.39 is 5.60 Å². The van der Waals surface area contributed by atoms with E-state index in [4.69, 9.17) is 15.2 Å². The third-order valence-corrected chi connectivity index (χ3v) is 3.69. The van der Waals surface area contributed by atoms with Crippen LogP contribution in [0.15, 0.2) is 22.7 Å². The molecule has 1 aliphatic rings. The summed E-state index contributed by atoms with van der Waals surface area (Å²) < 4.78 is 11.9. The molecule has 0 saturated carbocycles. The van der Waals surface area contributed by atoms with Crippen LogP contribution in [-0.2, 0) is 4.74 Å². The monoisotopic (exact) mass is 356 g/mol. The van der Waals surface area contributed by atoms with E-state index in [2.05, 4.69) is 15.9 Å². The number of rotatable bonds is 3. The minimum Gasteiger partial charge on any atom is -0.492 e. The molecule has 0 bridgehead atoms. The van der Waals surface area contributed by atoms with Gasteiger partial charge in [0.2, 0.25) is 0 Å². The number of nitrogens with two attached hydrogens (primary N) is 1. The molecule has 21 heavy (non-hydrogen) atoms. The maximum atomic E-state index is 11.8. The molecule has 0 spiro atoms. The minimum absolute atomic E-state index is 0.260. The van der Waals surface area contributed by atoms with E-state index in [9.17, 15) is 4.79 Å². The van der Waals surface area contributed by atoms with Gasteiger partial charge in [-0.1, -0.05) is 0 Å². The highest BCUT2D eigenvalue weighted by Crippen LogP contribution is 2.28. The van der Waals surface area contributed by atoms with Gasteiger partial charge in [-0.2, -0.15) is 0 Å². The van der Waals surface area contributed by atoms with E-state index in [0.717, 1.165) is 10.2 Å². The number of hydrogen-bond acceptors (Lipinski definition) is 4. The molecule has 1 saturated heterocycles. The average Bonchev–Trinajstić information content (AvgIpc) is 2.29. The van der Waals surface area contributed by atoms with E-state index in [1.807, 2.05) is 32.9 Å². The van der Waals surface area contributed by atoms with Crippen LogP contribution in [0.4, 0.5) is 10.5 Å². The van der Waals surface area contributed by atoms with Crippen molar-refractivity contribution in [1.82, 2.24) is 4.90 Å². The Bertz CT molecular complexity index is 522. The Hall–Kier alpha value is -1.43. The molecule has 0 unspecified atom stereocenters. The Labute approximate surface area is 133 Å². The van der Waals surface area contributed by atoms with Gasteiger partial charge in [0.15, 0.2) is 0 Å². The molecule has 1 aromatic rings. The van der Waals surface area contributed by atoms with Crippen LogP contribution in [0.1, 0.15) is 20.8 Å². The van der Waals surface area contributed by atoms with Crippen LogP contribution in [0.5, 0.6) is 5.75 Å². The fraction of sp³-hybridized carbons (Fsp3) is 0.533. The zero-order valence-corrected chi connectivity index (χ0v) is 14.1. The Kier molecular flexibility index (Phi) is 4.66. The van der Waals surface area contributed by atoms with Gasteiger partial charge in [0.25, 0.3) is 0 Å². The van der Waals surface area contributed by atoms with Crippen LogP contribution in [0, 0.1) is 5.92 Å².